The fourth-order valence-corrected chi connectivity index (χ4v) is 1.68. The summed E-state index contributed by atoms with van der Waals surface area (Å²) in [4.78, 5) is 0. The Hall–Kier alpha value is -1.96. The van der Waals surface area contributed by atoms with Gasteiger partial charge in [-0.2, -0.15) is 0 Å². The van der Waals surface area contributed by atoms with Crippen molar-refractivity contribution in [3.05, 3.63) is 54.1 Å². The minimum Gasteiger partial charge on any atom is -0.492 e. The molecule has 0 aliphatic heterocycles. The molecular weight excluding hydrogens is 210 g/mol. The van der Waals surface area contributed by atoms with Crippen LogP contribution in [0.2, 0.25) is 0 Å². The number of hydrogen-bond acceptors (Lipinski definition) is 2. The average Bonchev–Trinajstić information content (AvgIpc) is 2.34. The number of hydrogen-bond donors (Lipinski definition) is 1. The molecule has 17 heavy (non-hydrogen) atoms. The Labute approximate surface area is 102 Å². The first kappa shape index (κ1) is 11.5. The van der Waals surface area contributed by atoms with Crippen molar-refractivity contribution >= 4 is 11.4 Å². The Balaban J connectivity index is 2.26. The van der Waals surface area contributed by atoms with Crippen LogP contribution in [0, 0.1) is 6.92 Å². The van der Waals surface area contributed by atoms with E-state index in [0.717, 1.165) is 17.1 Å². The Kier molecular flexibility index (Phi) is 3.66. The number of nitrogens with one attached hydrogen (secondary N) is 1. The summed E-state index contributed by atoms with van der Waals surface area (Å²) in [6.45, 7) is 4.73. The van der Waals surface area contributed by atoms with Crippen LogP contribution in [0.25, 0.3) is 0 Å². The molecule has 0 fully saturated rings. The number of rotatable bonds is 4. The van der Waals surface area contributed by atoms with E-state index >= 15 is 0 Å². The summed E-state index contributed by atoms with van der Waals surface area (Å²) in [5.74, 6) is 0.899. The summed E-state index contributed by atoms with van der Waals surface area (Å²) >= 11 is 0. The highest BCUT2D eigenvalue weighted by Crippen LogP contribution is 2.28. The van der Waals surface area contributed by atoms with Crippen LogP contribution in [0.4, 0.5) is 11.4 Å². The number of ether oxygens (including phenoxy) is 1. The Bertz CT molecular complexity index is 480. The summed E-state index contributed by atoms with van der Waals surface area (Å²) in [6.07, 6.45) is 0. The van der Waals surface area contributed by atoms with E-state index in [4.69, 9.17) is 4.74 Å². The van der Waals surface area contributed by atoms with Gasteiger partial charge in [0.1, 0.15) is 5.75 Å². The van der Waals surface area contributed by atoms with E-state index in [9.17, 15) is 0 Å². The standard InChI is InChI=1S/C15H17NO/c1-3-17-15-11-12(2)9-10-14(15)16-13-7-5-4-6-8-13/h4-11,16H,3H2,1-2H3. The lowest BCUT2D eigenvalue weighted by molar-refractivity contribution is 0.342. The van der Waals surface area contributed by atoms with Crippen LogP contribution < -0.4 is 10.1 Å². The molecule has 0 aliphatic rings. The van der Waals surface area contributed by atoms with Gasteiger partial charge < -0.3 is 10.1 Å². The maximum atomic E-state index is 5.63. The van der Waals surface area contributed by atoms with Gasteiger partial charge in [0.15, 0.2) is 0 Å². The van der Waals surface area contributed by atoms with Gasteiger partial charge in [0.2, 0.25) is 0 Å². The zero-order valence-corrected chi connectivity index (χ0v) is 10.2. The van der Waals surface area contributed by atoms with Gasteiger partial charge >= 0.3 is 0 Å². The fourth-order valence-electron chi connectivity index (χ4n) is 1.68. The second kappa shape index (κ2) is 5.39. The van der Waals surface area contributed by atoms with E-state index in [0.29, 0.717) is 6.61 Å². The molecule has 0 bridgehead atoms. The van der Waals surface area contributed by atoms with Crippen molar-refractivity contribution in [2.45, 2.75) is 13.8 Å². The third kappa shape index (κ3) is 3.00. The van der Waals surface area contributed by atoms with Gasteiger partial charge in [-0.3, -0.25) is 0 Å². The molecule has 2 aromatic carbocycles. The van der Waals surface area contributed by atoms with Crippen LogP contribution in [0.1, 0.15) is 12.5 Å². The lowest BCUT2D eigenvalue weighted by Crippen LogP contribution is -1.98. The van der Waals surface area contributed by atoms with E-state index < -0.39 is 0 Å². The smallest absolute Gasteiger partial charge is 0.142 e. The second-order valence-electron chi connectivity index (χ2n) is 3.92. The molecule has 2 heteroatoms. The molecule has 0 atom stereocenters. The molecule has 0 saturated heterocycles. The second-order valence-corrected chi connectivity index (χ2v) is 3.92. The third-order valence-electron chi connectivity index (χ3n) is 2.49. The quantitative estimate of drug-likeness (QED) is 0.847. The highest BCUT2D eigenvalue weighted by Gasteiger charge is 2.03. The van der Waals surface area contributed by atoms with Crippen molar-refractivity contribution < 1.29 is 4.74 Å². The Morgan fingerprint density at radius 3 is 2.53 bits per heavy atom. The van der Waals surface area contributed by atoms with Gasteiger partial charge in [-0.15, -0.1) is 0 Å². The van der Waals surface area contributed by atoms with Crippen molar-refractivity contribution in [3.63, 3.8) is 0 Å². The lowest BCUT2D eigenvalue weighted by Gasteiger charge is -2.13. The van der Waals surface area contributed by atoms with Crippen LogP contribution in [-0.4, -0.2) is 6.61 Å². The first-order valence-electron chi connectivity index (χ1n) is 5.85. The summed E-state index contributed by atoms with van der Waals surface area (Å²) in [6, 6.07) is 16.3. The highest BCUT2D eigenvalue weighted by molar-refractivity contribution is 5.66. The van der Waals surface area contributed by atoms with Crippen LogP contribution in [-0.2, 0) is 0 Å². The van der Waals surface area contributed by atoms with Crippen molar-refractivity contribution in [1.82, 2.24) is 0 Å². The largest absolute Gasteiger partial charge is 0.492 e. The molecule has 0 spiro atoms. The third-order valence-corrected chi connectivity index (χ3v) is 2.49. The van der Waals surface area contributed by atoms with Crippen molar-refractivity contribution in [2.75, 3.05) is 11.9 Å². The van der Waals surface area contributed by atoms with Gasteiger partial charge in [0, 0.05) is 5.69 Å². The molecule has 0 amide bonds. The maximum Gasteiger partial charge on any atom is 0.142 e. The van der Waals surface area contributed by atoms with Gasteiger partial charge in [-0.1, -0.05) is 24.3 Å². The summed E-state index contributed by atoms with van der Waals surface area (Å²) in [5.41, 5.74) is 3.27. The zero-order valence-electron chi connectivity index (χ0n) is 10.2. The normalized spacial score (nSPS) is 10.0. The number of anilines is 2. The molecule has 88 valence electrons. The molecule has 0 heterocycles. The number of benzene rings is 2. The predicted molar refractivity (Wildman–Crippen MR) is 72.1 cm³/mol. The van der Waals surface area contributed by atoms with Gasteiger partial charge in [-0.05, 0) is 43.7 Å². The number of aryl methyl sites for hydroxylation is 1. The van der Waals surface area contributed by atoms with E-state index in [2.05, 4.69) is 24.4 Å². The Morgan fingerprint density at radius 2 is 1.82 bits per heavy atom. The maximum absolute atomic E-state index is 5.63. The molecule has 0 aromatic heterocycles. The molecule has 2 rings (SSSR count). The lowest BCUT2D eigenvalue weighted by atomic mass is 10.2. The van der Waals surface area contributed by atoms with Crippen LogP contribution in [0.5, 0.6) is 5.75 Å². The van der Waals surface area contributed by atoms with Crippen LogP contribution >= 0.6 is 0 Å². The average molecular weight is 227 g/mol. The fraction of sp³-hybridized carbons (Fsp3) is 0.200. The Morgan fingerprint density at radius 1 is 1.06 bits per heavy atom. The first-order chi connectivity index (χ1) is 8.29. The summed E-state index contributed by atoms with van der Waals surface area (Å²) < 4.78 is 5.63. The molecule has 0 radical (unpaired) electrons. The zero-order chi connectivity index (χ0) is 12.1. The van der Waals surface area contributed by atoms with Crippen LogP contribution in [0.15, 0.2) is 48.5 Å². The first-order valence-corrected chi connectivity index (χ1v) is 5.85. The highest BCUT2D eigenvalue weighted by atomic mass is 16.5. The minimum atomic E-state index is 0.674. The molecule has 0 aliphatic carbocycles. The molecule has 2 aromatic rings. The predicted octanol–water partition coefficient (Wildman–Crippen LogP) is 4.14. The van der Waals surface area contributed by atoms with E-state index in [-0.39, 0.29) is 0 Å². The molecule has 1 N–H and O–H groups in total. The summed E-state index contributed by atoms with van der Waals surface area (Å²) in [7, 11) is 0. The molecular formula is C15H17NO. The molecule has 0 unspecified atom stereocenters. The van der Waals surface area contributed by atoms with Gasteiger partial charge in [-0.25, -0.2) is 0 Å². The van der Waals surface area contributed by atoms with E-state index in [1.54, 1.807) is 0 Å². The monoisotopic (exact) mass is 227 g/mol. The summed E-state index contributed by atoms with van der Waals surface area (Å²) in [5, 5.41) is 3.36. The molecule has 0 saturated carbocycles. The van der Waals surface area contributed by atoms with Gasteiger partial charge in [0.05, 0.1) is 12.3 Å². The minimum absolute atomic E-state index is 0.674. The number of para-hydroxylation sites is 1. The van der Waals surface area contributed by atoms with Gasteiger partial charge in [0.25, 0.3) is 0 Å². The van der Waals surface area contributed by atoms with E-state index in [1.165, 1.54) is 5.56 Å². The topological polar surface area (TPSA) is 21.3 Å². The molecule has 2 nitrogen and oxygen atoms in total. The SMILES string of the molecule is CCOc1cc(C)ccc1Nc1ccccc1. The van der Waals surface area contributed by atoms with E-state index in [1.807, 2.05) is 43.3 Å². The van der Waals surface area contributed by atoms with Crippen LogP contribution in [0.3, 0.4) is 0 Å². The van der Waals surface area contributed by atoms with Crippen molar-refractivity contribution in [3.8, 4) is 5.75 Å². The van der Waals surface area contributed by atoms with Crippen molar-refractivity contribution in [1.29, 1.82) is 0 Å². The van der Waals surface area contributed by atoms with Crippen molar-refractivity contribution in [2.24, 2.45) is 0 Å².